The van der Waals surface area contributed by atoms with Crippen molar-refractivity contribution in [1.82, 2.24) is 4.90 Å². The molecule has 0 spiro atoms. The predicted molar refractivity (Wildman–Crippen MR) is 101 cm³/mol. The van der Waals surface area contributed by atoms with E-state index in [4.69, 9.17) is 9.47 Å². The maximum Gasteiger partial charge on any atom is 0.355 e. The summed E-state index contributed by atoms with van der Waals surface area (Å²) in [6.45, 7) is 5.80. The monoisotopic (exact) mass is 351 g/mol. The van der Waals surface area contributed by atoms with Gasteiger partial charge < -0.3 is 14.4 Å². The fourth-order valence-electron chi connectivity index (χ4n) is 3.98. The summed E-state index contributed by atoms with van der Waals surface area (Å²) in [5, 5.41) is 0. The molecule has 1 atom stereocenters. The number of fused-ring (bicyclic) bond motifs is 3. The molecule has 2 aliphatic heterocycles. The number of hydrogen-bond donors (Lipinski definition) is 0. The number of nitrogens with zero attached hydrogens (tertiary/aromatic N) is 1. The number of ether oxygens (including phenoxy) is 2. The Balaban J connectivity index is 1.69. The highest BCUT2D eigenvalue weighted by Crippen LogP contribution is 2.47. The summed E-state index contributed by atoms with van der Waals surface area (Å²) >= 11 is 0. The van der Waals surface area contributed by atoms with Gasteiger partial charge in [0, 0.05) is 24.2 Å². The minimum Gasteiger partial charge on any atom is -0.470 e. The number of hydrogen-bond acceptors (Lipinski definition) is 4. The number of benzene rings is 2. The lowest BCUT2D eigenvalue weighted by molar-refractivity contribution is -0.169. The summed E-state index contributed by atoms with van der Waals surface area (Å²) < 4.78 is 12.2. The van der Waals surface area contributed by atoms with Crippen LogP contribution >= 0.6 is 0 Å². The fourth-order valence-corrected chi connectivity index (χ4v) is 3.98. The van der Waals surface area contributed by atoms with E-state index in [0.717, 1.165) is 53.9 Å². The van der Waals surface area contributed by atoms with E-state index >= 15 is 0 Å². The Kier molecular flexibility index (Phi) is 4.23. The Morgan fingerprint density at radius 3 is 2.65 bits per heavy atom. The summed E-state index contributed by atoms with van der Waals surface area (Å²) in [6.07, 6.45) is 1.70. The maximum atomic E-state index is 13.2. The summed E-state index contributed by atoms with van der Waals surface area (Å²) in [5.74, 6) is 0.443. The standard InChI is InChI=1S/C22H25NO3/c1-15-7-6-10-19-20(15)17-8-4-5-9-18(17)22(2,26-19)21(24)25-16-11-13-23(3)14-12-16/h4-10,16H,11-14H2,1-3H3. The molecule has 2 aromatic rings. The second-order valence-electron chi connectivity index (χ2n) is 7.54. The molecule has 2 aliphatic rings. The molecule has 1 fully saturated rings. The zero-order chi connectivity index (χ0) is 18.3. The van der Waals surface area contributed by atoms with Gasteiger partial charge in [0.15, 0.2) is 0 Å². The van der Waals surface area contributed by atoms with Gasteiger partial charge in [-0.3, -0.25) is 0 Å². The van der Waals surface area contributed by atoms with Gasteiger partial charge in [0.1, 0.15) is 11.9 Å². The molecule has 26 heavy (non-hydrogen) atoms. The zero-order valence-electron chi connectivity index (χ0n) is 15.6. The number of piperidine rings is 1. The van der Waals surface area contributed by atoms with Crippen LogP contribution in [0, 0.1) is 6.92 Å². The van der Waals surface area contributed by atoms with Crippen molar-refractivity contribution in [1.29, 1.82) is 0 Å². The quantitative estimate of drug-likeness (QED) is 0.769. The van der Waals surface area contributed by atoms with Crippen LogP contribution in [0.25, 0.3) is 11.1 Å². The van der Waals surface area contributed by atoms with Gasteiger partial charge in [-0.1, -0.05) is 36.4 Å². The second-order valence-corrected chi connectivity index (χ2v) is 7.54. The molecule has 0 aliphatic carbocycles. The molecule has 0 aromatic heterocycles. The maximum absolute atomic E-state index is 13.2. The molecule has 4 rings (SSSR count). The van der Waals surface area contributed by atoms with Gasteiger partial charge in [-0.05, 0) is 50.9 Å². The average molecular weight is 351 g/mol. The van der Waals surface area contributed by atoms with E-state index in [2.05, 4.69) is 31.0 Å². The van der Waals surface area contributed by atoms with Crippen LogP contribution in [0.3, 0.4) is 0 Å². The third-order valence-electron chi connectivity index (χ3n) is 5.59. The smallest absolute Gasteiger partial charge is 0.355 e. The molecule has 0 bridgehead atoms. The van der Waals surface area contributed by atoms with E-state index in [1.807, 2.05) is 37.3 Å². The van der Waals surface area contributed by atoms with E-state index in [1.165, 1.54) is 0 Å². The van der Waals surface area contributed by atoms with Crippen molar-refractivity contribution in [2.45, 2.75) is 38.4 Å². The van der Waals surface area contributed by atoms with E-state index in [0.29, 0.717) is 0 Å². The lowest BCUT2D eigenvalue weighted by Crippen LogP contribution is -2.45. The Morgan fingerprint density at radius 2 is 1.88 bits per heavy atom. The van der Waals surface area contributed by atoms with Crippen LogP contribution < -0.4 is 4.74 Å². The molecule has 0 saturated carbocycles. The summed E-state index contributed by atoms with van der Waals surface area (Å²) in [6, 6.07) is 13.9. The summed E-state index contributed by atoms with van der Waals surface area (Å²) in [4.78, 5) is 15.4. The van der Waals surface area contributed by atoms with Crippen LogP contribution in [0.1, 0.15) is 30.9 Å². The van der Waals surface area contributed by atoms with Crippen molar-refractivity contribution in [2.75, 3.05) is 20.1 Å². The van der Waals surface area contributed by atoms with E-state index < -0.39 is 5.60 Å². The molecule has 4 nitrogen and oxygen atoms in total. The van der Waals surface area contributed by atoms with Gasteiger partial charge in [-0.25, -0.2) is 4.79 Å². The first-order valence-corrected chi connectivity index (χ1v) is 9.27. The first-order chi connectivity index (χ1) is 12.5. The number of esters is 1. The highest BCUT2D eigenvalue weighted by Gasteiger charge is 2.46. The van der Waals surface area contributed by atoms with Crippen LogP contribution in [-0.4, -0.2) is 37.1 Å². The van der Waals surface area contributed by atoms with Crippen molar-refractivity contribution in [3.05, 3.63) is 53.6 Å². The first kappa shape index (κ1) is 17.1. The van der Waals surface area contributed by atoms with Crippen molar-refractivity contribution in [3.63, 3.8) is 0 Å². The second kappa shape index (κ2) is 6.44. The zero-order valence-corrected chi connectivity index (χ0v) is 15.6. The molecule has 0 N–H and O–H groups in total. The minimum absolute atomic E-state index is 0.0369. The average Bonchev–Trinajstić information content (AvgIpc) is 2.64. The highest BCUT2D eigenvalue weighted by atomic mass is 16.6. The highest BCUT2D eigenvalue weighted by molar-refractivity contribution is 5.89. The number of carbonyl (C=O) groups excluding carboxylic acids is 1. The van der Waals surface area contributed by atoms with Crippen LogP contribution in [0.2, 0.25) is 0 Å². The third-order valence-corrected chi connectivity index (χ3v) is 5.59. The van der Waals surface area contributed by atoms with E-state index in [9.17, 15) is 4.79 Å². The minimum atomic E-state index is -1.12. The molecule has 4 heteroatoms. The number of aryl methyl sites for hydroxylation is 1. The Morgan fingerprint density at radius 1 is 1.15 bits per heavy atom. The van der Waals surface area contributed by atoms with Gasteiger partial charge in [0.25, 0.3) is 0 Å². The van der Waals surface area contributed by atoms with Crippen molar-refractivity contribution in [2.24, 2.45) is 0 Å². The van der Waals surface area contributed by atoms with Crippen molar-refractivity contribution in [3.8, 4) is 16.9 Å². The van der Waals surface area contributed by atoms with Gasteiger partial charge in [0.2, 0.25) is 5.60 Å². The van der Waals surface area contributed by atoms with Gasteiger partial charge >= 0.3 is 5.97 Å². The normalized spacial score (nSPS) is 22.9. The Hall–Kier alpha value is -2.33. The topological polar surface area (TPSA) is 38.8 Å². The largest absolute Gasteiger partial charge is 0.470 e. The van der Waals surface area contributed by atoms with E-state index in [-0.39, 0.29) is 12.1 Å². The van der Waals surface area contributed by atoms with Gasteiger partial charge in [-0.15, -0.1) is 0 Å². The van der Waals surface area contributed by atoms with Crippen LogP contribution in [0.15, 0.2) is 42.5 Å². The number of likely N-dealkylation sites (tertiary alicyclic amines) is 1. The van der Waals surface area contributed by atoms with Gasteiger partial charge in [-0.2, -0.15) is 0 Å². The van der Waals surface area contributed by atoms with Crippen LogP contribution in [-0.2, 0) is 15.1 Å². The summed E-state index contributed by atoms with van der Waals surface area (Å²) in [7, 11) is 2.10. The lowest BCUT2D eigenvalue weighted by atomic mass is 9.83. The first-order valence-electron chi connectivity index (χ1n) is 9.27. The fraction of sp³-hybridized carbons (Fsp3) is 0.409. The molecule has 136 valence electrons. The van der Waals surface area contributed by atoms with Crippen molar-refractivity contribution >= 4 is 5.97 Å². The third kappa shape index (κ3) is 2.78. The SMILES string of the molecule is Cc1cccc2c1-c1ccccc1C(C)(C(=O)OC1CCN(C)CC1)O2. The lowest BCUT2D eigenvalue weighted by Gasteiger charge is -2.38. The van der Waals surface area contributed by atoms with Gasteiger partial charge in [0.05, 0.1) is 0 Å². The number of carbonyl (C=O) groups is 1. The molecule has 0 radical (unpaired) electrons. The Bertz CT molecular complexity index is 839. The predicted octanol–water partition coefficient (Wildman–Crippen LogP) is 3.91. The van der Waals surface area contributed by atoms with E-state index in [1.54, 1.807) is 0 Å². The van der Waals surface area contributed by atoms with Crippen molar-refractivity contribution < 1.29 is 14.3 Å². The van der Waals surface area contributed by atoms with Crippen LogP contribution in [0.4, 0.5) is 0 Å². The number of rotatable bonds is 2. The molecule has 0 amide bonds. The summed E-state index contributed by atoms with van der Waals surface area (Å²) in [5.41, 5.74) is 3.00. The van der Waals surface area contributed by atoms with Crippen LogP contribution in [0.5, 0.6) is 5.75 Å². The Labute approximate surface area is 154 Å². The molecule has 1 saturated heterocycles. The molecular weight excluding hydrogens is 326 g/mol. The molecule has 1 unspecified atom stereocenters. The molecular formula is C22H25NO3. The molecule has 2 heterocycles. The molecule has 2 aromatic carbocycles.